The van der Waals surface area contributed by atoms with E-state index in [1.165, 1.54) is 6.92 Å². The zero-order valence-corrected chi connectivity index (χ0v) is 6.22. The molecule has 0 saturated carbocycles. The van der Waals surface area contributed by atoms with E-state index in [0.29, 0.717) is 0 Å². The lowest BCUT2D eigenvalue weighted by Gasteiger charge is -2.04. The van der Waals surface area contributed by atoms with Crippen LogP contribution in [-0.2, 0) is 14.3 Å². The maximum atomic E-state index is 12.0. The van der Waals surface area contributed by atoms with Crippen molar-refractivity contribution in [2.75, 3.05) is 0 Å². The summed E-state index contributed by atoms with van der Waals surface area (Å²) in [7, 11) is 0. The van der Waals surface area contributed by atoms with E-state index in [9.17, 15) is 22.8 Å². The number of halogens is 3. The Bertz CT molecular complexity index is 181. The minimum atomic E-state index is -3.46. The molecule has 0 aliphatic carbocycles. The molecule has 0 fully saturated rings. The van der Waals surface area contributed by atoms with Crippen LogP contribution in [0.15, 0.2) is 0 Å². The van der Waals surface area contributed by atoms with Gasteiger partial charge < -0.3 is 4.74 Å². The van der Waals surface area contributed by atoms with E-state index in [2.05, 4.69) is 4.74 Å². The fraction of sp³-hybridized carbons (Fsp3) is 0.667. The molecule has 70 valence electrons. The number of esters is 2. The Labute approximate surface area is 66.5 Å². The first-order valence-electron chi connectivity index (χ1n) is 3.15. The van der Waals surface area contributed by atoms with E-state index in [-0.39, 0.29) is 6.42 Å². The molecule has 0 aromatic rings. The van der Waals surface area contributed by atoms with Gasteiger partial charge in [0.25, 0.3) is 12.6 Å². The molecule has 0 rings (SSSR count). The molecule has 0 heterocycles. The van der Waals surface area contributed by atoms with Gasteiger partial charge in [0.05, 0.1) is 0 Å². The highest BCUT2D eigenvalue weighted by Gasteiger charge is 2.30. The molecule has 0 spiro atoms. The summed E-state index contributed by atoms with van der Waals surface area (Å²) in [6.07, 6.45) is -6.66. The summed E-state index contributed by atoms with van der Waals surface area (Å²) in [6, 6.07) is 0. The van der Waals surface area contributed by atoms with Crippen molar-refractivity contribution < 1.29 is 27.5 Å². The van der Waals surface area contributed by atoms with Crippen molar-refractivity contribution in [1.82, 2.24) is 0 Å². The average Bonchev–Trinajstić information content (AvgIpc) is 2.02. The van der Waals surface area contributed by atoms with Gasteiger partial charge in [-0.3, -0.25) is 4.79 Å². The van der Waals surface area contributed by atoms with Gasteiger partial charge in [-0.15, -0.1) is 0 Å². The molecule has 12 heavy (non-hydrogen) atoms. The van der Waals surface area contributed by atoms with Gasteiger partial charge in [0.1, 0.15) is 0 Å². The maximum Gasteiger partial charge on any atom is 0.354 e. The van der Waals surface area contributed by atoms with E-state index in [1.807, 2.05) is 0 Å². The SMILES string of the molecule is CCC(=O)OC(=O)C(F)C(F)F. The number of ether oxygens (including phenoxy) is 1. The van der Waals surface area contributed by atoms with Crippen molar-refractivity contribution in [2.24, 2.45) is 0 Å². The number of hydrogen-bond donors (Lipinski definition) is 0. The minimum absolute atomic E-state index is 0.165. The first kappa shape index (κ1) is 10.9. The third-order valence-electron chi connectivity index (χ3n) is 0.949. The summed E-state index contributed by atoms with van der Waals surface area (Å²) in [6.45, 7) is 1.35. The van der Waals surface area contributed by atoms with Crippen molar-refractivity contribution >= 4 is 11.9 Å². The number of alkyl halides is 3. The Hall–Kier alpha value is -1.07. The molecule has 0 bridgehead atoms. The fourth-order valence-corrected chi connectivity index (χ4v) is 0.344. The van der Waals surface area contributed by atoms with Crippen LogP contribution < -0.4 is 0 Å². The summed E-state index contributed by atoms with van der Waals surface area (Å²) < 4.78 is 38.6. The topological polar surface area (TPSA) is 43.4 Å². The Morgan fingerprint density at radius 1 is 1.33 bits per heavy atom. The monoisotopic (exact) mass is 184 g/mol. The van der Waals surface area contributed by atoms with Crippen molar-refractivity contribution in [2.45, 2.75) is 25.9 Å². The molecule has 3 nitrogen and oxygen atoms in total. The maximum absolute atomic E-state index is 12.0. The third kappa shape index (κ3) is 3.36. The predicted octanol–water partition coefficient (Wildman–Crippen LogP) is 1.07. The molecule has 0 radical (unpaired) electrons. The van der Waals surface area contributed by atoms with Crippen LogP contribution in [0.25, 0.3) is 0 Å². The van der Waals surface area contributed by atoms with E-state index >= 15 is 0 Å². The van der Waals surface area contributed by atoms with Crippen LogP contribution in [0.3, 0.4) is 0 Å². The van der Waals surface area contributed by atoms with Crippen molar-refractivity contribution in [3.8, 4) is 0 Å². The molecule has 0 N–H and O–H groups in total. The fourth-order valence-electron chi connectivity index (χ4n) is 0.344. The Balaban J connectivity index is 3.96. The molecule has 0 aromatic carbocycles. The number of hydrogen-bond acceptors (Lipinski definition) is 3. The molecule has 6 heteroatoms. The smallest absolute Gasteiger partial charge is 0.354 e. The summed E-state index contributed by atoms with van der Waals surface area (Å²) in [5.74, 6) is -2.86. The Morgan fingerprint density at radius 2 is 1.83 bits per heavy atom. The van der Waals surface area contributed by atoms with Crippen LogP contribution in [0.2, 0.25) is 0 Å². The van der Waals surface area contributed by atoms with Gasteiger partial charge in [-0.25, -0.2) is 18.0 Å². The van der Waals surface area contributed by atoms with Gasteiger partial charge in [-0.1, -0.05) is 6.92 Å². The molecule has 0 amide bonds. The van der Waals surface area contributed by atoms with Crippen LogP contribution in [0.4, 0.5) is 13.2 Å². The number of rotatable bonds is 3. The van der Waals surface area contributed by atoms with Crippen LogP contribution in [-0.4, -0.2) is 24.5 Å². The minimum Gasteiger partial charge on any atom is -0.391 e. The lowest BCUT2D eigenvalue weighted by Crippen LogP contribution is -2.27. The molecule has 0 aliphatic heterocycles. The normalized spacial score (nSPS) is 12.8. The Kier molecular flexibility index (Phi) is 4.31. The second-order valence-electron chi connectivity index (χ2n) is 1.88. The van der Waals surface area contributed by atoms with E-state index in [1.54, 1.807) is 0 Å². The van der Waals surface area contributed by atoms with Gasteiger partial charge in [0.2, 0.25) is 0 Å². The number of carbonyl (C=O) groups is 2. The first-order valence-corrected chi connectivity index (χ1v) is 3.15. The van der Waals surface area contributed by atoms with Crippen molar-refractivity contribution in [3.05, 3.63) is 0 Å². The quantitative estimate of drug-likeness (QED) is 0.486. The first-order chi connectivity index (χ1) is 5.49. The lowest BCUT2D eigenvalue weighted by molar-refractivity contribution is -0.166. The molecular weight excluding hydrogens is 177 g/mol. The third-order valence-corrected chi connectivity index (χ3v) is 0.949. The van der Waals surface area contributed by atoms with Gasteiger partial charge in [-0.05, 0) is 0 Å². The van der Waals surface area contributed by atoms with E-state index in [0.717, 1.165) is 0 Å². The molecule has 0 aliphatic rings. The lowest BCUT2D eigenvalue weighted by atomic mass is 10.4. The second kappa shape index (κ2) is 4.74. The van der Waals surface area contributed by atoms with Crippen molar-refractivity contribution in [3.63, 3.8) is 0 Å². The van der Waals surface area contributed by atoms with Gasteiger partial charge >= 0.3 is 11.9 Å². The molecule has 1 atom stereocenters. The number of carbonyl (C=O) groups excluding carboxylic acids is 2. The van der Waals surface area contributed by atoms with Gasteiger partial charge in [-0.2, -0.15) is 0 Å². The van der Waals surface area contributed by atoms with Gasteiger partial charge in [0.15, 0.2) is 0 Å². The summed E-state index contributed by atoms with van der Waals surface area (Å²) >= 11 is 0. The summed E-state index contributed by atoms with van der Waals surface area (Å²) in [5.41, 5.74) is 0. The zero-order chi connectivity index (χ0) is 9.72. The van der Waals surface area contributed by atoms with Gasteiger partial charge in [0, 0.05) is 6.42 Å². The van der Waals surface area contributed by atoms with Crippen LogP contribution in [0.1, 0.15) is 13.3 Å². The highest BCUT2D eigenvalue weighted by atomic mass is 19.3. The van der Waals surface area contributed by atoms with E-state index in [4.69, 9.17) is 0 Å². The predicted molar refractivity (Wildman–Crippen MR) is 32.3 cm³/mol. The highest BCUT2D eigenvalue weighted by molar-refractivity contribution is 5.87. The highest BCUT2D eigenvalue weighted by Crippen LogP contribution is 2.07. The van der Waals surface area contributed by atoms with Crippen molar-refractivity contribution in [1.29, 1.82) is 0 Å². The molecule has 1 unspecified atom stereocenters. The van der Waals surface area contributed by atoms with E-state index < -0.39 is 24.5 Å². The molecule has 0 saturated heterocycles. The second-order valence-corrected chi connectivity index (χ2v) is 1.88. The zero-order valence-electron chi connectivity index (χ0n) is 6.22. The van der Waals surface area contributed by atoms with Crippen LogP contribution in [0, 0.1) is 0 Å². The Morgan fingerprint density at radius 3 is 2.17 bits per heavy atom. The van der Waals surface area contributed by atoms with Crippen LogP contribution >= 0.6 is 0 Å². The summed E-state index contributed by atoms with van der Waals surface area (Å²) in [4.78, 5) is 20.6. The molecule has 0 aromatic heterocycles. The average molecular weight is 184 g/mol. The molecular formula is C6H7F3O3. The standard InChI is InChI=1S/C6H7F3O3/c1-2-3(10)12-6(11)4(7)5(8)9/h4-5H,2H2,1H3. The van der Waals surface area contributed by atoms with Crippen LogP contribution in [0.5, 0.6) is 0 Å². The summed E-state index contributed by atoms with van der Waals surface area (Å²) in [5, 5.41) is 0. The largest absolute Gasteiger partial charge is 0.391 e.